The number of nitrogens with two attached hydrogens (primary N) is 1. The van der Waals surface area contributed by atoms with Crippen LogP contribution in [0.1, 0.15) is 33.3 Å². The molecule has 1 unspecified atom stereocenters. The molecule has 0 aromatic carbocycles. The predicted octanol–water partition coefficient (Wildman–Crippen LogP) is 2.09. The van der Waals surface area contributed by atoms with E-state index in [0.717, 1.165) is 5.56 Å². The lowest BCUT2D eigenvalue weighted by Crippen LogP contribution is -2.41. The first kappa shape index (κ1) is 18.9. The zero-order chi connectivity index (χ0) is 14.6. The van der Waals surface area contributed by atoms with E-state index in [2.05, 4.69) is 4.98 Å². The van der Waals surface area contributed by atoms with Crippen LogP contribution in [0.4, 0.5) is 0 Å². The summed E-state index contributed by atoms with van der Waals surface area (Å²) in [4.78, 5) is 16.8. The van der Waals surface area contributed by atoms with Gasteiger partial charge in [-0.2, -0.15) is 0 Å². The molecule has 4 heteroatoms. The Labute approximate surface area is 111 Å². The molecular formula is C14H27N3O. The highest BCUT2D eigenvalue weighted by molar-refractivity contribution is 5.81. The molecule has 1 rings (SSSR count). The van der Waals surface area contributed by atoms with Gasteiger partial charge in [-0.1, -0.05) is 27.7 Å². The van der Waals surface area contributed by atoms with E-state index in [9.17, 15) is 4.79 Å². The molecular weight excluding hydrogens is 226 g/mol. The van der Waals surface area contributed by atoms with Crippen LogP contribution in [0, 0.1) is 0 Å². The summed E-state index contributed by atoms with van der Waals surface area (Å²) >= 11 is 0. The molecule has 0 spiro atoms. The van der Waals surface area contributed by atoms with Gasteiger partial charge in [-0.3, -0.25) is 9.78 Å². The average Bonchev–Trinajstić information content (AvgIpc) is 2.43. The number of carbonyl (C=O) groups excluding carboxylic acids is 1. The first-order valence-electron chi connectivity index (χ1n) is 6.47. The first-order valence-corrected chi connectivity index (χ1v) is 6.47. The lowest BCUT2D eigenvalue weighted by Gasteiger charge is -2.16. The van der Waals surface area contributed by atoms with Crippen molar-refractivity contribution < 1.29 is 4.79 Å². The molecule has 0 bridgehead atoms. The van der Waals surface area contributed by atoms with Crippen LogP contribution in [0.5, 0.6) is 0 Å². The van der Waals surface area contributed by atoms with E-state index in [0.29, 0.717) is 6.42 Å². The second kappa shape index (κ2) is 12.0. The zero-order valence-corrected chi connectivity index (χ0v) is 12.5. The standard InChI is InChI=1S/C10H15N3O.2C2H6/c1-13(2)10(14)9(11)7-8-3-5-12-6-4-8;2*1-2/h3-6,9H,7,11H2,1-2H3;2*1-2H3. The summed E-state index contributed by atoms with van der Waals surface area (Å²) in [6.45, 7) is 8.00. The Hall–Kier alpha value is -1.42. The van der Waals surface area contributed by atoms with Crippen LogP contribution >= 0.6 is 0 Å². The molecule has 1 atom stereocenters. The largest absolute Gasteiger partial charge is 0.347 e. The van der Waals surface area contributed by atoms with E-state index >= 15 is 0 Å². The number of aromatic nitrogens is 1. The van der Waals surface area contributed by atoms with Gasteiger partial charge in [-0.15, -0.1) is 0 Å². The third-order valence-electron chi connectivity index (χ3n) is 1.96. The highest BCUT2D eigenvalue weighted by atomic mass is 16.2. The normalized spacial score (nSPS) is 10.2. The Morgan fingerprint density at radius 3 is 2.06 bits per heavy atom. The number of amides is 1. The van der Waals surface area contributed by atoms with Gasteiger partial charge >= 0.3 is 0 Å². The van der Waals surface area contributed by atoms with Crippen molar-refractivity contribution in [2.75, 3.05) is 14.1 Å². The van der Waals surface area contributed by atoms with Gasteiger partial charge in [0.05, 0.1) is 6.04 Å². The summed E-state index contributed by atoms with van der Waals surface area (Å²) in [5.41, 5.74) is 6.77. The summed E-state index contributed by atoms with van der Waals surface area (Å²) in [5.74, 6) is -0.0539. The van der Waals surface area contributed by atoms with Gasteiger partial charge in [-0.25, -0.2) is 0 Å². The number of carbonyl (C=O) groups is 1. The molecule has 104 valence electrons. The van der Waals surface area contributed by atoms with Crippen LogP contribution in [0.3, 0.4) is 0 Å². The van der Waals surface area contributed by atoms with E-state index < -0.39 is 6.04 Å². The summed E-state index contributed by atoms with van der Waals surface area (Å²) < 4.78 is 0. The minimum atomic E-state index is -0.465. The first-order chi connectivity index (χ1) is 8.61. The second-order valence-corrected chi connectivity index (χ2v) is 3.40. The molecule has 0 aliphatic rings. The topological polar surface area (TPSA) is 59.2 Å². The number of rotatable bonds is 3. The molecule has 1 aromatic rings. The van der Waals surface area contributed by atoms with Gasteiger partial charge in [-0.05, 0) is 24.1 Å². The number of pyridine rings is 1. The molecule has 0 fully saturated rings. The third kappa shape index (κ3) is 7.79. The van der Waals surface area contributed by atoms with Crippen LogP contribution in [0.2, 0.25) is 0 Å². The van der Waals surface area contributed by atoms with Gasteiger partial charge < -0.3 is 10.6 Å². The smallest absolute Gasteiger partial charge is 0.239 e. The van der Waals surface area contributed by atoms with Crippen molar-refractivity contribution in [3.63, 3.8) is 0 Å². The maximum absolute atomic E-state index is 11.4. The molecule has 0 aliphatic heterocycles. The zero-order valence-electron chi connectivity index (χ0n) is 12.5. The molecule has 0 saturated heterocycles. The molecule has 4 nitrogen and oxygen atoms in total. The minimum Gasteiger partial charge on any atom is -0.347 e. The van der Waals surface area contributed by atoms with Crippen molar-refractivity contribution in [1.82, 2.24) is 9.88 Å². The average molecular weight is 253 g/mol. The number of likely N-dealkylation sites (N-methyl/N-ethyl adjacent to an activating group) is 1. The van der Waals surface area contributed by atoms with Crippen molar-refractivity contribution in [3.05, 3.63) is 30.1 Å². The second-order valence-electron chi connectivity index (χ2n) is 3.40. The fraction of sp³-hybridized carbons (Fsp3) is 0.571. The highest BCUT2D eigenvalue weighted by Gasteiger charge is 2.15. The summed E-state index contributed by atoms with van der Waals surface area (Å²) in [6, 6.07) is 3.26. The van der Waals surface area contributed by atoms with E-state index in [1.54, 1.807) is 26.5 Å². The summed E-state index contributed by atoms with van der Waals surface area (Å²) in [7, 11) is 3.41. The predicted molar refractivity (Wildman–Crippen MR) is 77.3 cm³/mol. The van der Waals surface area contributed by atoms with Gasteiger partial charge in [0.25, 0.3) is 0 Å². The molecule has 18 heavy (non-hydrogen) atoms. The van der Waals surface area contributed by atoms with Crippen LogP contribution in [0.15, 0.2) is 24.5 Å². The van der Waals surface area contributed by atoms with Crippen molar-refractivity contribution in [2.45, 2.75) is 40.2 Å². The number of nitrogens with zero attached hydrogens (tertiary/aromatic N) is 2. The maximum Gasteiger partial charge on any atom is 0.239 e. The molecule has 0 radical (unpaired) electrons. The molecule has 2 N–H and O–H groups in total. The van der Waals surface area contributed by atoms with Gasteiger partial charge in [0.1, 0.15) is 0 Å². The van der Waals surface area contributed by atoms with Gasteiger partial charge in [0.15, 0.2) is 0 Å². The molecule has 1 heterocycles. The number of hydrogen-bond acceptors (Lipinski definition) is 3. The Kier molecular flexibility index (Phi) is 12.7. The molecule has 1 amide bonds. The van der Waals surface area contributed by atoms with E-state index in [-0.39, 0.29) is 5.91 Å². The maximum atomic E-state index is 11.4. The van der Waals surface area contributed by atoms with Crippen LogP contribution in [-0.4, -0.2) is 35.9 Å². The Morgan fingerprint density at radius 1 is 1.22 bits per heavy atom. The van der Waals surface area contributed by atoms with Crippen molar-refractivity contribution in [1.29, 1.82) is 0 Å². The van der Waals surface area contributed by atoms with Crippen LogP contribution in [0.25, 0.3) is 0 Å². The van der Waals surface area contributed by atoms with Gasteiger partial charge in [0, 0.05) is 26.5 Å². The van der Waals surface area contributed by atoms with Crippen molar-refractivity contribution in [3.8, 4) is 0 Å². The SMILES string of the molecule is CC.CC.CN(C)C(=O)C(N)Cc1ccncc1. The number of hydrogen-bond donors (Lipinski definition) is 1. The monoisotopic (exact) mass is 253 g/mol. The van der Waals surface area contributed by atoms with Crippen LogP contribution < -0.4 is 5.73 Å². The van der Waals surface area contributed by atoms with Crippen molar-refractivity contribution >= 4 is 5.91 Å². The molecule has 0 saturated carbocycles. The van der Waals surface area contributed by atoms with Crippen molar-refractivity contribution in [2.24, 2.45) is 5.73 Å². The highest BCUT2D eigenvalue weighted by Crippen LogP contribution is 2.01. The lowest BCUT2D eigenvalue weighted by atomic mass is 10.1. The summed E-state index contributed by atoms with van der Waals surface area (Å²) in [6.07, 6.45) is 3.95. The summed E-state index contributed by atoms with van der Waals surface area (Å²) in [5, 5.41) is 0. The lowest BCUT2D eigenvalue weighted by molar-refractivity contribution is -0.130. The van der Waals surface area contributed by atoms with E-state index in [4.69, 9.17) is 5.73 Å². The Morgan fingerprint density at radius 2 is 1.67 bits per heavy atom. The van der Waals surface area contributed by atoms with E-state index in [1.165, 1.54) is 4.90 Å². The molecule has 1 aromatic heterocycles. The van der Waals surface area contributed by atoms with Crippen LogP contribution in [-0.2, 0) is 11.2 Å². The fourth-order valence-corrected chi connectivity index (χ4v) is 1.19. The third-order valence-corrected chi connectivity index (χ3v) is 1.96. The fourth-order valence-electron chi connectivity index (χ4n) is 1.19. The quantitative estimate of drug-likeness (QED) is 0.897. The van der Waals surface area contributed by atoms with Gasteiger partial charge in [0.2, 0.25) is 5.91 Å². The minimum absolute atomic E-state index is 0.0539. The van der Waals surface area contributed by atoms with E-state index in [1.807, 2.05) is 39.8 Å². The molecule has 0 aliphatic carbocycles. The Bertz CT molecular complexity index is 299. The Balaban J connectivity index is 0.